The second kappa shape index (κ2) is 3.55. The molecular formula is C9H18O2. The van der Waals surface area contributed by atoms with Crippen molar-refractivity contribution in [3.05, 3.63) is 0 Å². The Morgan fingerprint density at radius 3 is 2.55 bits per heavy atom. The number of hydrogen-bond donors (Lipinski definition) is 1. The molecule has 11 heavy (non-hydrogen) atoms. The van der Waals surface area contributed by atoms with Crippen LogP contribution in [0.4, 0.5) is 0 Å². The Balaban J connectivity index is 2.34. The Morgan fingerprint density at radius 1 is 1.55 bits per heavy atom. The predicted molar refractivity (Wildman–Crippen MR) is 44.4 cm³/mol. The summed E-state index contributed by atoms with van der Waals surface area (Å²) in [5, 5.41) is 9.48. The van der Waals surface area contributed by atoms with Crippen molar-refractivity contribution in [1.82, 2.24) is 0 Å². The van der Waals surface area contributed by atoms with Gasteiger partial charge in [-0.05, 0) is 19.3 Å². The van der Waals surface area contributed by atoms with Crippen molar-refractivity contribution in [2.75, 3.05) is 0 Å². The minimum absolute atomic E-state index is 0.0880. The molecule has 0 bridgehead atoms. The molecule has 2 nitrogen and oxygen atoms in total. The standard InChI is InChI=1S/C9H18O2/c1-6(2)4-9-8(10)5-7(3)11-9/h6-10H,4-5H2,1-3H3/t7-,8?,9+/m0/s1. The van der Waals surface area contributed by atoms with Gasteiger partial charge in [-0.1, -0.05) is 13.8 Å². The maximum absolute atomic E-state index is 9.48. The smallest absolute Gasteiger partial charge is 0.0841 e. The van der Waals surface area contributed by atoms with Crippen LogP contribution in [0.3, 0.4) is 0 Å². The van der Waals surface area contributed by atoms with Crippen LogP contribution in [0.15, 0.2) is 0 Å². The minimum atomic E-state index is -0.229. The summed E-state index contributed by atoms with van der Waals surface area (Å²) in [6, 6.07) is 0. The quantitative estimate of drug-likeness (QED) is 0.661. The van der Waals surface area contributed by atoms with Crippen molar-refractivity contribution in [3.8, 4) is 0 Å². The van der Waals surface area contributed by atoms with E-state index in [1.807, 2.05) is 6.92 Å². The van der Waals surface area contributed by atoms with Gasteiger partial charge in [0.1, 0.15) is 0 Å². The SMILES string of the molecule is CC(C)C[C@H]1O[C@@H](C)CC1O. The molecule has 0 saturated carbocycles. The fourth-order valence-corrected chi connectivity index (χ4v) is 1.61. The molecule has 1 unspecified atom stereocenters. The lowest BCUT2D eigenvalue weighted by atomic mass is 10.0. The maximum Gasteiger partial charge on any atom is 0.0841 e. The lowest BCUT2D eigenvalue weighted by molar-refractivity contribution is 0.00432. The number of aliphatic hydroxyl groups is 1. The molecule has 66 valence electrons. The topological polar surface area (TPSA) is 29.5 Å². The van der Waals surface area contributed by atoms with Crippen molar-refractivity contribution in [2.45, 2.75) is 51.9 Å². The van der Waals surface area contributed by atoms with Gasteiger partial charge in [0, 0.05) is 6.42 Å². The van der Waals surface area contributed by atoms with Crippen LogP contribution in [0.2, 0.25) is 0 Å². The molecule has 1 saturated heterocycles. The molecule has 3 atom stereocenters. The maximum atomic E-state index is 9.48. The Labute approximate surface area is 68.6 Å². The monoisotopic (exact) mass is 158 g/mol. The van der Waals surface area contributed by atoms with Crippen LogP contribution < -0.4 is 0 Å². The van der Waals surface area contributed by atoms with Gasteiger partial charge in [-0.15, -0.1) is 0 Å². The lowest BCUT2D eigenvalue weighted by Crippen LogP contribution is -2.22. The molecule has 0 radical (unpaired) electrons. The molecular weight excluding hydrogens is 140 g/mol. The van der Waals surface area contributed by atoms with Gasteiger partial charge in [0.25, 0.3) is 0 Å². The highest BCUT2D eigenvalue weighted by atomic mass is 16.5. The van der Waals surface area contributed by atoms with Crippen LogP contribution in [0, 0.1) is 5.92 Å². The number of aliphatic hydroxyl groups excluding tert-OH is 1. The highest BCUT2D eigenvalue weighted by Crippen LogP contribution is 2.24. The van der Waals surface area contributed by atoms with Crippen LogP contribution >= 0.6 is 0 Å². The van der Waals surface area contributed by atoms with E-state index < -0.39 is 0 Å². The Kier molecular flexibility index (Phi) is 2.90. The van der Waals surface area contributed by atoms with E-state index in [9.17, 15) is 5.11 Å². The average molecular weight is 158 g/mol. The third-order valence-corrected chi connectivity index (χ3v) is 2.11. The van der Waals surface area contributed by atoms with Crippen molar-refractivity contribution in [1.29, 1.82) is 0 Å². The number of hydrogen-bond acceptors (Lipinski definition) is 2. The first-order valence-corrected chi connectivity index (χ1v) is 4.43. The van der Waals surface area contributed by atoms with Crippen LogP contribution in [0.5, 0.6) is 0 Å². The average Bonchev–Trinajstić information content (AvgIpc) is 2.09. The Bertz CT molecular complexity index is 123. The van der Waals surface area contributed by atoms with Gasteiger partial charge in [-0.2, -0.15) is 0 Å². The van der Waals surface area contributed by atoms with Crippen molar-refractivity contribution in [2.24, 2.45) is 5.92 Å². The Morgan fingerprint density at radius 2 is 2.18 bits per heavy atom. The molecule has 1 fully saturated rings. The molecule has 0 aromatic carbocycles. The first-order valence-electron chi connectivity index (χ1n) is 4.43. The first kappa shape index (κ1) is 9.01. The van der Waals surface area contributed by atoms with Gasteiger partial charge in [0.05, 0.1) is 18.3 Å². The first-order chi connectivity index (χ1) is 5.09. The van der Waals surface area contributed by atoms with Gasteiger partial charge in [-0.25, -0.2) is 0 Å². The summed E-state index contributed by atoms with van der Waals surface area (Å²) in [6.07, 6.45) is 1.88. The molecule has 0 amide bonds. The van der Waals surface area contributed by atoms with Crippen LogP contribution in [0.25, 0.3) is 0 Å². The molecule has 2 heteroatoms. The van der Waals surface area contributed by atoms with Crippen LogP contribution in [-0.4, -0.2) is 23.4 Å². The van der Waals surface area contributed by atoms with Crippen molar-refractivity contribution < 1.29 is 9.84 Å². The second-order valence-corrected chi connectivity index (χ2v) is 3.92. The second-order valence-electron chi connectivity index (χ2n) is 3.92. The molecule has 0 aromatic rings. The summed E-state index contributed by atoms with van der Waals surface area (Å²) in [5.74, 6) is 0.611. The fourth-order valence-electron chi connectivity index (χ4n) is 1.61. The van der Waals surface area contributed by atoms with E-state index in [-0.39, 0.29) is 18.3 Å². The molecule has 0 spiro atoms. The van der Waals surface area contributed by atoms with E-state index >= 15 is 0 Å². The summed E-state index contributed by atoms with van der Waals surface area (Å²) < 4.78 is 5.53. The summed E-state index contributed by atoms with van der Waals surface area (Å²) in [5.41, 5.74) is 0. The normalized spacial score (nSPS) is 38.5. The van der Waals surface area contributed by atoms with E-state index in [0.717, 1.165) is 12.8 Å². The third-order valence-electron chi connectivity index (χ3n) is 2.11. The van der Waals surface area contributed by atoms with E-state index in [2.05, 4.69) is 13.8 Å². The zero-order chi connectivity index (χ0) is 8.43. The fraction of sp³-hybridized carbons (Fsp3) is 1.00. The van der Waals surface area contributed by atoms with Crippen molar-refractivity contribution in [3.63, 3.8) is 0 Å². The molecule has 1 heterocycles. The van der Waals surface area contributed by atoms with Gasteiger partial charge >= 0.3 is 0 Å². The molecule has 1 aliphatic heterocycles. The van der Waals surface area contributed by atoms with Gasteiger partial charge in [0.15, 0.2) is 0 Å². The number of ether oxygens (including phenoxy) is 1. The summed E-state index contributed by atoms with van der Waals surface area (Å²) in [6.45, 7) is 6.32. The number of rotatable bonds is 2. The highest BCUT2D eigenvalue weighted by molar-refractivity contribution is 4.80. The summed E-state index contributed by atoms with van der Waals surface area (Å²) >= 11 is 0. The summed E-state index contributed by atoms with van der Waals surface area (Å²) in [4.78, 5) is 0. The van der Waals surface area contributed by atoms with E-state index in [4.69, 9.17) is 4.74 Å². The van der Waals surface area contributed by atoms with E-state index in [0.29, 0.717) is 5.92 Å². The van der Waals surface area contributed by atoms with Gasteiger partial charge in [-0.3, -0.25) is 0 Å². The predicted octanol–water partition coefficient (Wildman–Crippen LogP) is 1.57. The minimum Gasteiger partial charge on any atom is -0.390 e. The van der Waals surface area contributed by atoms with Crippen LogP contribution in [0.1, 0.15) is 33.6 Å². The highest BCUT2D eigenvalue weighted by Gasteiger charge is 2.31. The van der Waals surface area contributed by atoms with Gasteiger partial charge < -0.3 is 9.84 Å². The Hall–Kier alpha value is -0.0800. The molecule has 1 aliphatic rings. The molecule has 0 aliphatic carbocycles. The lowest BCUT2D eigenvalue weighted by Gasteiger charge is -2.15. The van der Waals surface area contributed by atoms with E-state index in [1.54, 1.807) is 0 Å². The zero-order valence-electron chi connectivity index (χ0n) is 7.58. The third kappa shape index (κ3) is 2.46. The molecule has 1 N–H and O–H groups in total. The summed E-state index contributed by atoms with van der Waals surface area (Å²) in [7, 11) is 0. The largest absolute Gasteiger partial charge is 0.390 e. The van der Waals surface area contributed by atoms with Crippen molar-refractivity contribution >= 4 is 0 Å². The van der Waals surface area contributed by atoms with Crippen LogP contribution in [-0.2, 0) is 4.74 Å². The van der Waals surface area contributed by atoms with E-state index in [1.165, 1.54) is 0 Å². The molecule has 1 rings (SSSR count). The van der Waals surface area contributed by atoms with Gasteiger partial charge in [0.2, 0.25) is 0 Å². The zero-order valence-corrected chi connectivity index (χ0v) is 7.58. The molecule has 0 aromatic heterocycles.